The van der Waals surface area contributed by atoms with E-state index in [1.54, 1.807) is 18.2 Å². The molecule has 2 heterocycles. The number of carbonyl (C=O) groups is 1. The van der Waals surface area contributed by atoms with E-state index >= 15 is 0 Å². The van der Waals surface area contributed by atoms with Crippen molar-refractivity contribution in [1.82, 2.24) is 9.88 Å². The number of nitrogens with zero attached hydrogens (tertiary/aromatic N) is 2. The number of carbonyl (C=O) groups excluding carboxylic acids is 1. The molecule has 1 aromatic heterocycles. The van der Waals surface area contributed by atoms with Gasteiger partial charge in [0.15, 0.2) is 5.58 Å². The van der Waals surface area contributed by atoms with Gasteiger partial charge in [0, 0.05) is 24.6 Å². The molecule has 1 atom stereocenters. The Kier molecular flexibility index (Phi) is 4.64. The summed E-state index contributed by atoms with van der Waals surface area (Å²) in [6.45, 7) is 2.70. The van der Waals surface area contributed by atoms with E-state index in [1.165, 1.54) is 12.1 Å². The van der Waals surface area contributed by atoms with Crippen LogP contribution in [-0.4, -0.2) is 22.3 Å². The quantitative estimate of drug-likeness (QED) is 0.631. The molecule has 27 heavy (non-hydrogen) atoms. The summed E-state index contributed by atoms with van der Waals surface area (Å²) in [7, 11) is 0. The summed E-state index contributed by atoms with van der Waals surface area (Å²) in [4.78, 5) is 18.7. The molecule has 0 aliphatic carbocycles. The number of likely N-dealkylation sites (tertiary alicyclic amines) is 1. The molecular weight excluding hydrogens is 350 g/mol. The summed E-state index contributed by atoms with van der Waals surface area (Å²) < 4.78 is 33.1. The molecule has 1 aliphatic rings. The summed E-state index contributed by atoms with van der Waals surface area (Å²) in [6.07, 6.45) is 3.07. The number of rotatable bonds is 4. The molecule has 0 N–H and O–H groups in total. The van der Waals surface area contributed by atoms with E-state index in [4.69, 9.17) is 4.42 Å². The molecule has 1 fully saturated rings. The van der Waals surface area contributed by atoms with Crippen LogP contribution in [-0.2, 0) is 4.79 Å². The average molecular weight is 370 g/mol. The van der Waals surface area contributed by atoms with Gasteiger partial charge in [0.2, 0.25) is 11.8 Å². The van der Waals surface area contributed by atoms with Crippen molar-refractivity contribution in [3.8, 4) is 11.1 Å². The van der Waals surface area contributed by atoms with Crippen molar-refractivity contribution in [2.75, 3.05) is 6.54 Å². The number of halogens is 2. The van der Waals surface area contributed by atoms with Crippen LogP contribution >= 0.6 is 0 Å². The van der Waals surface area contributed by atoms with Crippen molar-refractivity contribution in [2.45, 2.75) is 38.6 Å². The zero-order chi connectivity index (χ0) is 19.0. The molecule has 0 saturated carbocycles. The lowest BCUT2D eigenvalue weighted by molar-refractivity contribution is -0.132. The van der Waals surface area contributed by atoms with E-state index in [0.29, 0.717) is 41.1 Å². The lowest BCUT2D eigenvalue weighted by Crippen LogP contribution is -2.30. The Bertz CT molecular complexity index is 999. The molecule has 2 aromatic carbocycles. The first-order valence-corrected chi connectivity index (χ1v) is 9.22. The predicted octanol–water partition coefficient (Wildman–Crippen LogP) is 5.24. The first kappa shape index (κ1) is 17.6. The SMILES string of the molecule is CCCC(=O)N1CCC[C@H]1c1nc2cc(-c3ccc(F)cc3F)ccc2o1. The van der Waals surface area contributed by atoms with Crippen LogP contribution < -0.4 is 0 Å². The molecule has 1 saturated heterocycles. The van der Waals surface area contributed by atoms with Gasteiger partial charge in [0.05, 0.1) is 0 Å². The second-order valence-electron chi connectivity index (χ2n) is 6.85. The minimum Gasteiger partial charge on any atom is -0.438 e. The van der Waals surface area contributed by atoms with Gasteiger partial charge in [-0.05, 0) is 49.1 Å². The van der Waals surface area contributed by atoms with Crippen molar-refractivity contribution in [3.63, 3.8) is 0 Å². The maximum atomic E-state index is 14.1. The molecule has 1 amide bonds. The zero-order valence-electron chi connectivity index (χ0n) is 15.0. The van der Waals surface area contributed by atoms with Crippen LogP contribution in [0.4, 0.5) is 8.78 Å². The Morgan fingerprint density at radius 1 is 1.26 bits per heavy atom. The molecule has 6 heteroatoms. The van der Waals surface area contributed by atoms with Gasteiger partial charge >= 0.3 is 0 Å². The summed E-state index contributed by atoms with van der Waals surface area (Å²) >= 11 is 0. The summed E-state index contributed by atoms with van der Waals surface area (Å²) in [5.74, 6) is -0.593. The topological polar surface area (TPSA) is 46.3 Å². The van der Waals surface area contributed by atoms with Gasteiger partial charge < -0.3 is 9.32 Å². The summed E-state index contributed by atoms with van der Waals surface area (Å²) in [5, 5.41) is 0. The van der Waals surface area contributed by atoms with Crippen molar-refractivity contribution in [2.24, 2.45) is 0 Å². The Labute approximate surface area is 155 Å². The third kappa shape index (κ3) is 3.31. The lowest BCUT2D eigenvalue weighted by atomic mass is 10.0. The molecule has 4 rings (SSSR count). The minimum atomic E-state index is -0.620. The average Bonchev–Trinajstić information content (AvgIpc) is 3.28. The second kappa shape index (κ2) is 7.10. The molecule has 1 aliphatic heterocycles. The molecule has 0 radical (unpaired) electrons. The number of hydrogen-bond donors (Lipinski definition) is 0. The number of hydrogen-bond acceptors (Lipinski definition) is 3. The number of aromatic nitrogens is 1. The molecule has 0 spiro atoms. The fourth-order valence-electron chi connectivity index (χ4n) is 3.66. The highest BCUT2D eigenvalue weighted by molar-refractivity contribution is 5.81. The van der Waals surface area contributed by atoms with Gasteiger partial charge in [0.1, 0.15) is 23.2 Å². The van der Waals surface area contributed by atoms with E-state index in [2.05, 4.69) is 4.98 Å². The van der Waals surface area contributed by atoms with Crippen molar-refractivity contribution >= 4 is 17.0 Å². The second-order valence-corrected chi connectivity index (χ2v) is 6.85. The van der Waals surface area contributed by atoms with Crippen LogP contribution in [0.5, 0.6) is 0 Å². The van der Waals surface area contributed by atoms with Crippen molar-refractivity contribution < 1.29 is 18.0 Å². The monoisotopic (exact) mass is 370 g/mol. The van der Waals surface area contributed by atoms with E-state index < -0.39 is 11.6 Å². The van der Waals surface area contributed by atoms with Gasteiger partial charge in [-0.1, -0.05) is 13.0 Å². The van der Waals surface area contributed by atoms with E-state index in [1.807, 2.05) is 11.8 Å². The summed E-state index contributed by atoms with van der Waals surface area (Å²) in [6, 6.07) is 8.54. The summed E-state index contributed by atoms with van der Waals surface area (Å²) in [5.41, 5.74) is 2.10. The third-order valence-corrected chi connectivity index (χ3v) is 4.97. The molecule has 0 bridgehead atoms. The van der Waals surface area contributed by atoms with Crippen LogP contribution in [0.25, 0.3) is 22.2 Å². The van der Waals surface area contributed by atoms with Gasteiger partial charge in [-0.15, -0.1) is 0 Å². The fourth-order valence-corrected chi connectivity index (χ4v) is 3.66. The third-order valence-electron chi connectivity index (χ3n) is 4.97. The van der Waals surface area contributed by atoms with Gasteiger partial charge in [-0.25, -0.2) is 13.8 Å². The Balaban J connectivity index is 1.68. The molecule has 140 valence electrons. The van der Waals surface area contributed by atoms with Crippen molar-refractivity contribution in [1.29, 1.82) is 0 Å². The first-order chi connectivity index (χ1) is 13.1. The van der Waals surface area contributed by atoms with Crippen LogP contribution in [0.2, 0.25) is 0 Å². The lowest BCUT2D eigenvalue weighted by Gasteiger charge is -2.21. The minimum absolute atomic E-state index is 0.122. The standard InChI is InChI=1S/C21H20F2N2O2/c1-2-4-20(26)25-10-3-5-18(25)21-24-17-11-13(6-9-19(17)27-21)15-8-7-14(22)12-16(15)23/h6-9,11-12,18H,2-5,10H2,1H3/t18-/m0/s1. The smallest absolute Gasteiger partial charge is 0.223 e. The van der Waals surface area contributed by atoms with Crippen LogP contribution in [0.3, 0.4) is 0 Å². The zero-order valence-corrected chi connectivity index (χ0v) is 15.0. The molecular formula is C21H20F2N2O2. The van der Waals surface area contributed by atoms with Crippen LogP contribution in [0.15, 0.2) is 40.8 Å². The Morgan fingerprint density at radius 3 is 2.89 bits per heavy atom. The van der Waals surface area contributed by atoms with Crippen LogP contribution in [0.1, 0.15) is 44.5 Å². The van der Waals surface area contributed by atoms with Gasteiger partial charge in [-0.3, -0.25) is 4.79 Å². The molecule has 4 nitrogen and oxygen atoms in total. The normalized spacial score (nSPS) is 17.0. The molecule has 0 unspecified atom stereocenters. The van der Waals surface area contributed by atoms with Gasteiger partial charge in [-0.2, -0.15) is 0 Å². The van der Waals surface area contributed by atoms with E-state index in [0.717, 1.165) is 25.3 Å². The highest BCUT2D eigenvalue weighted by atomic mass is 19.1. The number of oxazole rings is 1. The maximum absolute atomic E-state index is 14.1. The van der Waals surface area contributed by atoms with Gasteiger partial charge in [0.25, 0.3) is 0 Å². The van der Waals surface area contributed by atoms with Crippen LogP contribution in [0, 0.1) is 11.6 Å². The predicted molar refractivity (Wildman–Crippen MR) is 98.0 cm³/mol. The number of benzene rings is 2. The fraction of sp³-hybridized carbons (Fsp3) is 0.333. The Hall–Kier alpha value is -2.76. The van der Waals surface area contributed by atoms with E-state index in [9.17, 15) is 13.6 Å². The maximum Gasteiger partial charge on any atom is 0.223 e. The number of amides is 1. The number of fused-ring (bicyclic) bond motifs is 1. The largest absolute Gasteiger partial charge is 0.438 e. The highest BCUT2D eigenvalue weighted by Crippen LogP contribution is 2.35. The first-order valence-electron chi connectivity index (χ1n) is 9.22. The Morgan fingerprint density at radius 2 is 2.11 bits per heavy atom. The van der Waals surface area contributed by atoms with Crippen molar-refractivity contribution in [3.05, 3.63) is 53.9 Å². The van der Waals surface area contributed by atoms with E-state index in [-0.39, 0.29) is 11.9 Å². The molecule has 3 aromatic rings. The highest BCUT2D eigenvalue weighted by Gasteiger charge is 2.33.